The second kappa shape index (κ2) is 12.6. The summed E-state index contributed by atoms with van der Waals surface area (Å²) in [7, 11) is -4.02. The van der Waals surface area contributed by atoms with Crippen molar-refractivity contribution in [3.05, 3.63) is 64.9 Å². The first-order chi connectivity index (χ1) is 14.3. The molecule has 0 aliphatic heterocycles. The van der Waals surface area contributed by atoms with Gasteiger partial charge < -0.3 is 5.32 Å². The molecule has 30 heavy (non-hydrogen) atoms. The van der Waals surface area contributed by atoms with Crippen molar-refractivity contribution < 1.29 is 17.6 Å². The molecule has 0 saturated heterocycles. The highest BCUT2D eigenvalue weighted by Gasteiger charge is 2.25. The molecule has 10 heteroatoms. The molecule has 1 unspecified atom stereocenters. The number of halogens is 2. The molecule has 0 spiro atoms. The Morgan fingerprint density at radius 2 is 1.90 bits per heavy atom. The summed E-state index contributed by atoms with van der Waals surface area (Å²) in [5.41, 5.74) is 1.21. The van der Waals surface area contributed by atoms with Crippen LogP contribution in [0.3, 0.4) is 0 Å². The van der Waals surface area contributed by atoms with E-state index in [1.54, 1.807) is 11.8 Å². The van der Waals surface area contributed by atoms with Crippen LogP contribution >= 0.6 is 35.1 Å². The molecule has 0 fully saturated rings. The zero-order valence-electron chi connectivity index (χ0n) is 16.4. The maximum Gasteiger partial charge on any atom is 0.241 e. The van der Waals surface area contributed by atoms with Gasteiger partial charge in [0.15, 0.2) is 0 Å². The van der Waals surface area contributed by atoms with Crippen LogP contribution in [0.4, 0.5) is 4.39 Å². The predicted molar refractivity (Wildman–Crippen MR) is 124 cm³/mol. The lowest BCUT2D eigenvalue weighted by atomic mass is 10.2. The normalized spacial score (nSPS) is 12.5. The SMILES string of the molecule is CSCCC(NS(=O)(=O)c1ccc(F)c(Cl)c1)C(=O)NCCSCc1ccccc1. The number of amides is 1. The van der Waals surface area contributed by atoms with Gasteiger partial charge >= 0.3 is 0 Å². The van der Waals surface area contributed by atoms with E-state index >= 15 is 0 Å². The summed E-state index contributed by atoms with van der Waals surface area (Å²) >= 11 is 8.89. The minimum atomic E-state index is -4.02. The number of hydrogen-bond donors (Lipinski definition) is 2. The molecule has 5 nitrogen and oxygen atoms in total. The lowest BCUT2D eigenvalue weighted by Gasteiger charge is -2.18. The number of thioether (sulfide) groups is 2. The third kappa shape index (κ3) is 8.11. The van der Waals surface area contributed by atoms with Gasteiger partial charge in [0.1, 0.15) is 11.9 Å². The van der Waals surface area contributed by atoms with Crippen LogP contribution in [-0.2, 0) is 20.6 Å². The zero-order chi connectivity index (χ0) is 22.0. The van der Waals surface area contributed by atoms with Crippen molar-refractivity contribution in [1.82, 2.24) is 10.0 Å². The van der Waals surface area contributed by atoms with E-state index in [2.05, 4.69) is 10.0 Å². The van der Waals surface area contributed by atoms with E-state index in [1.807, 2.05) is 36.6 Å². The fourth-order valence-electron chi connectivity index (χ4n) is 2.51. The van der Waals surface area contributed by atoms with Gasteiger partial charge in [-0.15, -0.1) is 0 Å². The standard InChI is InChI=1S/C20H24ClFN2O3S3/c1-28-11-9-19(24-30(26,27)16-7-8-18(22)17(21)13-16)20(25)23-10-12-29-14-15-5-3-2-4-6-15/h2-8,13,19,24H,9-12,14H2,1H3,(H,23,25). The number of carbonyl (C=O) groups is 1. The van der Waals surface area contributed by atoms with E-state index in [-0.39, 0.29) is 15.8 Å². The van der Waals surface area contributed by atoms with Crippen molar-refractivity contribution in [3.8, 4) is 0 Å². The molecule has 0 radical (unpaired) electrons. The number of nitrogens with one attached hydrogen (secondary N) is 2. The first-order valence-corrected chi connectivity index (χ1v) is 13.6. The van der Waals surface area contributed by atoms with Crippen LogP contribution in [-0.4, -0.2) is 44.7 Å². The van der Waals surface area contributed by atoms with E-state index in [4.69, 9.17) is 11.6 Å². The van der Waals surface area contributed by atoms with Crippen LogP contribution in [0.2, 0.25) is 5.02 Å². The molecule has 0 heterocycles. The molecule has 2 aromatic rings. The minimum absolute atomic E-state index is 0.186. The Morgan fingerprint density at radius 3 is 2.57 bits per heavy atom. The fraction of sp³-hybridized carbons (Fsp3) is 0.350. The summed E-state index contributed by atoms with van der Waals surface area (Å²) in [6.07, 6.45) is 2.21. The summed E-state index contributed by atoms with van der Waals surface area (Å²) in [4.78, 5) is 12.4. The molecule has 2 rings (SSSR count). The van der Waals surface area contributed by atoms with Gasteiger partial charge in [-0.3, -0.25) is 4.79 Å². The number of hydrogen-bond acceptors (Lipinski definition) is 5. The van der Waals surface area contributed by atoms with Crippen LogP contribution in [0.1, 0.15) is 12.0 Å². The monoisotopic (exact) mass is 490 g/mol. The quantitative estimate of drug-likeness (QED) is 0.441. The van der Waals surface area contributed by atoms with Gasteiger partial charge in [0.2, 0.25) is 15.9 Å². The number of sulfonamides is 1. The van der Waals surface area contributed by atoms with E-state index in [0.717, 1.165) is 24.0 Å². The first-order valence-electron chi connectivity index (χ1n) is 9.19. The Morgan fingerprint density at radius 1 is 1.17 bits per heavy atom. The second-order valence-electron chi connectivity index (χ2n) is 6.36. The Labute approximate surface area is 190 Å². The van der Waals surface area contributed by atoms with Gasteiger partial charge in [0, 0.05) is 18.1 Å². The third-order valence-electron chi connectivity index (χ3n) is 4.08. The number of carbonyl (C=O) groups excluding carboxylic acids is 1. The van der Waals surface area contributed by atoms with Crippen molar-refractivity contribution in [2.24, 2.45) is 0 Å². The third-order valence-corrected chi connectivity index (χ3v) is 7.52. The minimum Gasteiger partial charge on any atom is -0.354 e. The highest BCUT2D eigenvalue weighted by atomic mass is 35.5. The highest BCUT2D eigenvalue weighted by molar-refractivity contribution is 7.98. The average Bonchev–Trinajstić information content (AvgIpc) is 2.73. The lowest BCUT2D eigenvalue weighted by molar-refractivity contribution is -0.122. The van der Waals surface area contributed by atoms with Crippen molar-refractivity contribution in [2.45, 2.75) is 23.1 Å². The lowest BCUT2D eigenvalue weighted by Crippen LogP contribution is -2.47. The van der Waals surface area contributed by atoms with Crippen LogP contribution in [0, 0.1) is 5.82 Å². The predicted octanol–water partition coefficient (Wildman–Crippen LogP) is 3.93. The number of benzene rings is 2. The van der Waals surface area contributed by atoms with E-state index in [1.165, 1.54) is 17.3 Å². The Hall–Kier alpha value is -1.26. The van der Waals surface area contributed by atoms with Gasteiger partial charge in [0.05, 0.1) is 9.92 Å². The topological polar surface area (TPSA) is 75.3 Å². The largest absolute Gasteiger partial charge is 0.354 e. The molecule has 0 saturated carbocycles. The van der Waals surface area contributed by atoms with Crippen LogP contribution < -0.4 is 10.0 Å². The van der Waals surface area contributed by atoms with E-state index in [0.29, 0.717) is 24.5 Å². The summed E-state index contributed by atoms with van der Waals surface area (Å²) in [6.45, 7) is 0.427. The number of rotatable bonds is 12. The molecule has 0 aliphatic rings. The molecule has 2 aromatic carbocycles. The second-order valence-corrected chi connectivity index (χ2v) is 10.6. The van der Waals surface area contributed by atoms with Gasteiger partial charge in [-0.2, -0.15) is 28.2 Å². The van der Waals surface area contributed by atoms with Gasteiger partial charge in [0.25, 0.3) is 0 Å². The van der Waals surface area contributed by atoms with Crippen molar-refractivity contribution >= 4 is 51.1 Å². The molecule has 1 atom stereocenters. The maximum atomic E-state index is 13.3. The smallest absolute Gasteiger partial charge is 0.241 e. The average molecular weight is 491 g/mol. The van der Waals surface area contributed by atoms with Crippen LogP contribution in [0.25, 0.3) is 0 Å². The van der Waals surface area contributed by atoms with Gasteiger partial charge in [-0.1, -0.05) is 41.9 Å². The van der Waals surface area contributed by atoms with Gasteiger partial charge in [-0.05, 0) is 42.2 Å². The molecular formula is C20H24ClFN2O3S3. The molecule has 0 bridgehead atoms. The molecular weight excluding hydrogens is 467 g/mol. The summed E-state index contributed by atoms with van der Waals surface area (Å²) in [5, 5.41) is 2.50. The summed E-state index contributed by atoms with van der Waals surface area (Å²) in [6, 6.07) is 12.2. The molecule has 0 aromatic heterocycles. The Balaban J connectivity index is 1.91. The van der Waals surface area contributed by atoms with E-state index < -0.39 is 21.9 Å². The molecule has 1 amide bonds. The molecule has 0 aliphatic carbocycles. The van der Waals surface area contributed by atoms with Crippen molar-refractivity contribution in [3.63, 3.8) is 0 Å². The highest BCUT2D eigenvalue weighted by Crippen LogP contribution is 2.20. The Bertz CT molecular complexity index is 930. The van der Waals surface area contributed by atoms with Crippen LogP contribution in [0.15, 0.2) is 53.4 Å². The Kier molecular flexibility index (Phi) is 10.5. The first kappa shape index (κ1) is 25.0. The van der Waals surface area contributed by atoms with Crippen molar-refractivity contribution in [1.29, 1.82) is 0 Å². The zero-order valence-corrected chi connectivity index (χ0v) is 19.6. The molecule has 164 valence electrons. The van der Waals surface area contributed by atoms with E-state index in [9.17, 15) is 17.6 Å². The van der Waals surface area contributed by atoms with Gasteiger partial charge in [-0.25, -0.2) is 12.8 Å². The van der Waals surface area contributed by atoms with Crippen LogP contribution in [0.5, 0.6) is 0 Å². The maximum absolute atomic E-state index is 13.3. The van der Waals surface area contributed by atoms with Crippen molar-refractivity contribution in [2.75, 3.05) is 24.3 Å². The summed E-state index contributed by atoms with van der Waals surface area (Å²) in [5.74, 6) is 1.05. The summed E-state index contributed by atoms with van der Waals surface area (Å²) < 4.78 is 41.0. The fourth-order valence-corrected chi connectivity index (χ4v) is 5.30. The molecule has 2 N–H and O–H groups in total.